The highest BCUT2D eigenvalue weighted by Gasteiger charge is 2.12. The number of nitrogens with zero attached hydrogens (tertiary/aromatic N) is 2. The zero-order chi connectivity index (χ0) is 13.7. The zero-order valence-electron chi connectivity index (χ0n) is 11.5. The number of pyridine rings is 1. The highest BCUT2D eigenvalue weighted by Crippen LogP contribution is 2.23. The molecule has 0 spiro atoms. The number of ether oxygens (including phenoxy) is 1. The van der Waals surface area contributed by atoms with E-state index in [1.54, 1.807) is 7.11 Å². The Hall–Kier alpha value is -1.65. The number of hydrogen-bond donors (Lipinski definition) is 1. The summed E-state index contributed by atoms with van der Waals surface area (Å²) in [5.74, 6) is 0.848. The van der Waals surface area contributed by atoms with Crippen molar-refractivity contribution in [3.63, 3.8) is 0 Å². The summed E-state index contributed by atoms with van der Waals surface area (Å²) in [6, 6.07) is 9.96. The second kappa shape index (κ2) is 6.50. The molecule has 0 saturated carbocycles. The molecule has 102 valence electrons. The molecule has 4 heteroatoms. The second-order valence-corrected chi connectivity index (χ2v) is 4.39. The van der Waals surface area contributed by atoms with Crippen LogP contribution in [0.5, 0.6) is 0 Å². The largest absolute Gasteiger partial charge is 0.392 e. The molecule has 1 aromatic carbocycles. The van der Waals surface area contributed by atoms with Gasteiger partial charge in [0.1, 0.15) is 5.82 Å². The summed E-state index contributed by atoms with van der Waals surface area (Å²) in [6.07, 6.45) is 0. The Labute approximate surface area is 113 Å². The molecule has 2 aromatic rings. The number of aliphatic hydroxyl groups is 1. The van der Waals surface area contributed by atoms with Gasteiger partial charge in [-0.3, -0.25) is 0 Å². The third kappa shape index (κ3) is 3.03. The summed E-state index contributed by atoms with van der Waals surface area (Å²) in [7, 11) is 1.69. The lowest BCUT2D eigenvalue weighted by Crippen LogP contribution is -2.28. The molecular weight excluding hydrogens is 240 g/mol. The molecule has 0 aliphatic rings. The van der Waals surface area contributed by atoms with Gasteiger partial charge in [0.15, 0.2) is 0 Å². The third-order valence-electron chi connectivity index (χ3n) is 3.20. The van der Waals surface area contributed by atoms with Gasteiger partial charge in [0.05, 0.1) is 18.7 Å². The van der Waals surface area contributed by atoms with Crippen LogP contribution in [-0.2, 0) is 11.3 Å². The van der Waals surface area contributed by atoms with Crippen LogP contribution in [0.3, 0.4) is 0 Å². The van der Waals surface area contributed by atoms with Gasteiger partial charge in [0.25, 0.3) is 0 Å². The van der Waals surface area contributed by atoms with E-state index in [1.165, 1.54) is 0 Å². The standard InChI is InChI=1S/C15H20N2O2/c1-3-17(8-9-19-2)15-13(11-18)10-12-6-4-5-7-14(12)16-15/h4-7,10,18H,3,8-9,11H2,1-2H3. The van der Waals surface area contributed by atoms with Gasteiger partial charge in [-0.1, -0.05) is 18.2 Å². The van der Waals surface area contributed by atoms with E-state index in [2.05, 4.69) is 16.8 Å². The summed E-state index contributed by atoms with van der Waals surface area (Å²) in [4.78, 5) is 6.81. The Morgan fingerprint density at radius 2 is 2.11 bits per heavy atom. The molecule has 0 bridgehead atoms. The maximum atomic E-state index is 9.55. The first-order valence-corrected chi connectivity index (χ1v) is 6.53. The predicted molar refractivity (Wildman–Crippen MR) is 77.4 cm³/mol. The van der Waals surface area contributed by atoms with Crippen molar-refractivity contribution in [3.8, 4) is 0 Å². The molecule has 0 radical (unpaired) electrons. The SMILES string of the molecule is CCN(CCOC)c1nc2ccccc2cc1CO. The van der Waals surface area contributed by atoms with E-state index in [1.807, 2.05) is 30.3 Å². The summed E-state index contributed by atoms with van der Waals surface area (Å²) in [6.45, 7) is 4.32. The molecule has 0 aliphatic heterocycles. The fraction of sp³-hybridized carbons (Fsp3) is 0.400. The number of anilines is 1. The normalized spacial score (nSPS) is 10.9. The van der Waals surface area contributed by atoms with Crippen molar-refractivity contribution in [2.45, 2.75) is 13.5 Å². The summed E-state index contributed by atoms with van der Waals surface area (Å²) >= 11 is 0. The minimum atomic E-state index is -0.00332. The number of aliphatic hydroxyl groups excluding tert-OH is 1. The highest BCUT2D eigenvalue weighted by atomic mass is 16.5. The molecular formula is C15H20N2O2. The molecule has 4 nitrogen and oxygen atoms in total. The van der Waals surface area contributed by atoms with E-state index < -0.39 is 0 Å². The lowest BCUT2D eigenvalue weighted by atomic mass is 10.1. The maximum Gasteiger partial charge on any atom is 0.134 e. The number of rotatable bonds is 6. The van der Waals surface area contributed by atoms with E-state index in [4.69, 9.17) is 4.74 Å². The van der Waals surface area contributed by atoms with Crippen LogP contribution in [0.4, 0.5) is 5.82 Å². The van der Waals surface area contributed by atoms with Crippen LogP contribution in [0.1, 0.15) is 12.5 Å². The first-order valence-electron chi connectivity index (χ1n) is 6.53. The molecule has 1 N–H and O–H groups in total. The van der Waals surface area contributed by atoms with E-state index >= 15 is 0 Å². The Balaban J connectivity index is 2.44. The van der Waals surface area contributed by atoms with E-state index in [0.717, 1.165) is 35.4 Å². The Morgan fingerprint density at radius 1 is 1.32 bits per heavy atom. The lowest BCUT2D eigenvalue weighted by Gasteiger charge is -2.24. The number of benzene rings is 1. The Kier molecular flexibility index (Phi) is 4.71. The van der Waals surface area contributed by atoms with Crippen molar-refractivity contribution in [3.05, 3.63) is 35.9 Å². The van der Waals surface area contributed by atoms with E-state index in [0.29, 0.717) is 6.61 Å². The number of aromatic nitrogens is 1. The van der Waals surface area contributed by atoms with Crippen molar-refractivity contribution in [1.82, 2.24) is 4.98 Å². The van der Waals surface area contributed by atoms with Crippen LogP contribution in [0.25, 0.3) is 10.9 Å². The first-order chi connectivity index (χ1) is 9.30. The minimum Gasteiger partial charge on any atom is -0.392 e. The number of methoxy groups -OCH3 is 1. The third-order valence-corrected chi connectivity index (χ3v) is 3.20. The zero-order valence-corrected chi connectivity index (χ0v) is 11.5. The first kappa shape index (κ1) is 13.8. The smallest absolute Gasteiger partial charge is 0.134 e. The van der Waals surface area contributed by atoms with Crippen LogP contribution < -0.4 is 4.90 Å². The summed E-state index contributed by atoms with van der Waals surface area (Å²) in [5.41, 5.74) is 1.81. The molecule has 0 aliphatic carbocycles. The fourth-order valence-electron chi connectivity index (χ4n) is 2.15. The van der Waals surface area contributed by atoms with Crippen LogP contribution in [0.15, 0.2) is 30.3 Å². The predicted octanol–water partition coefficient (Wildman–Crippen LogP) is 2.20. The second-order valence-electron chi connectivity index (χ2n) is 4.39. The number of fused-ring (bicyclic) bond motifs is 1. The number of para-hydroxylation sites is 1. The van der Waals surface area contributed by atoms with Crippen molar-refractivity contribution in [2.24, 2.45) is 0 Å². The fourth-order valence-corrected chi connectivity index (χ4v) is 2.15. The lowest BCUT2D eigenvalue weighted by molar-refractivity contribution is 0.205. The van der Waals surface area contributed by atoms with Gasteiger partial charge in [-0.05, 0) is 19.1 Å². The summed E-state index contributed by atoms with van der Waals surface area (Å²) in [5, 5.41) is 10.6. The molecule has 0 fully saturated rings. The maximum absolute atomic E-state index is 9.55. The van der Waals surface area contributed by atoms with Gasteiger partial charge in [0, 0.05) is 31.1 Å². The van der Waals surface area contributed by atoms with Gasteiger partial charge in [-0.25, -0.2) is 4.98 Å². The van der Waals surface area contributed by atoms with E-state index in [9.17, 15) is 5.11 Å². The average Bonchev–Trinajstić information content (AvgIpc) is 2.47. The Morgan fingerprint density at radius 3 is 2.79 bits per heavy atom. The Bertz CT molecular complexity index is 543. The monoisotopic (exact) mass is 260 g/mol. The van der Waals surface area contributed by atoms with Crippen molar-refractivity contribution in [2.75, 3.05) is 31.7 Å². The highest BCUT2D eigenvalue weighted by molar-refractivity contribution is 5.81. The van der Waals surface area contributed by atoms with Crippen molar-refractivity contribution >= 4 is 16.7 Å². The van der Waals surface area contributed by atoms with Crippen LogP contribution in [0.2, 0.25) is 0 Å². The quantitative estimate of drug-likeness (QED) is 0.865. The molecule has 1 heterocycles. The molecule has 1 aromatic heterocycles. The number of hydrogen-bond acceptors (Lipinski definition) is 4. The van der Waals surface area contributed by atoms with Gasteiger partial charge in [0.2, 0.25) is 0 Å². The molecule has 0 saturated heterocycles. The van der Waals surface area contributed by atoms with Gasteiger partial charge in [-0.2, -0.15) is 0 Å². The van der Waals surface area contributed by atoms with Crippen LogP contribution >= 0.6 is 0 Å². The molecule has 19 heavy (non-hydrogen) atoms. The molecule has 2 rings (SSSR count). The molecule has 0 amide bonds. The van der Waals surface area contributed by atoms with Crippen LogP contribution in [-0.4, -0.2) is 36.9 Å². The van der Waals surface area contributed by atoms with E-state index in [-0.39, 0.29) is 6.61 Å². The van der Waals surface area contributed by atoms with Crippen molar-refractivity contribution in [1.29, 1.82) is 0 Å². The van der Waals surface area contributed by atoms with Gasteiger partial charge < -0.3 is 14.7 Å². The minimum absolute atomic E-state index is 0.00332. The molecule has 0 atom stereocenters. The van der Waals surface area contributed by atoms with Gasteiger partial charge in [-0.15, -0.1) is 0 Å². The summed E-state index contributed by atoms with van der Waals surface area (Å²) < 4.78 is 5.12. The molecule has 0 unspecified atom stereocenters. The van der Waals surface area contributed by atoms with Crippen molar-refractivity contribution < 1.29 is 9.84 Å². The topological polar surface area (TPSA) is 45.6 Å². The average molecular weight is 260 g/mol. The number of likely N-dealkylation sites (N-methyl/N-ethyl adjacent to an activating group) is 1. The van der Waals surface area contributed by atoms with Gasteiger partial charge >= 0.3 is 0 Å². The van der Waals surface area contributed by atoms with Crippen LogP contribution in [0, 0.1) is 0 Å².